The molecule has 0 aromatic carbocycles. The van der Waals surface area contributed by atoms with E-state index < -0.39 is 0 Å². The van der Waals surface area contributed by atoms with Crippen molar-refractivity contribution < 1.29 is 10.3 Å². The molecule has 4 N–H and O–H groups in total. The fraction of sp³-hybridized carbons (Fsp3) is 0.200. The molecule has 1 heterocycles. The number of anilines is 1. The highest BCUT2D eigenvalue weighted by atomic mass is 16.5. The molecule has 1 aliphatic heterocycles. The summed E-state index contributed by atoms with van der Waals surface area (Å²) in [6.07, 6.45) is 1.40. The number of aromatic nitrogens is 2. The summed E-state index contributed by atoms with van der Waals surface area (Å²) in [4.78, 5) is 4.85. The van der Waals surface area contributed by atoms with E-state index in [1.54, 1.807) is 18.2 Å². The molecule has 0 saturated carbocycles. The Hall–Kier alpha value is -2.08. The van der Waals surface area contributed by atoms with E-state index in [2.05, 4.69) is 10.1 Å². The summed E-state index contributed by atoms with van der Waals surface area (Å²) in [5, 5.41) is 22.5. The van der Waals surface area contributed by atoms with E-state index in [0.717, 1.165) is 5.56 Å². The highest BCUT2D eigenvalue weighted by molar-refractivity contribution is 5.73. The minimum atomic E-state index is -0.0299. The third kappa shape index (κ3) is 1.82. The third-order valence-corrected chi connectivity index (χ3v) is 2.19. The Bertz CT molecular complexity index is 535. The molecule has 6 nitrogen and oxygen atoms in total. The topological polar surface area (TPSA) is 96.7 Å². The van der Waals surface area contributed by atoms with Crippen LogP contribution in [0.2, 0.25) is 0 Å². The maximum absolute atomic E-state index is 9.24. The normalized spacial score (nSPS) is 12.2. The lowest BCUT2D eigenvalue weighted by Crippen LogP contribution is -2.15. The molecule has 1 aliphatic carbocycles. The van der Waals surface area contributed by atoms with E-state index in [0.29, 0.717) is 28.1 Å². The number of rotatable bonds is 2. The fourth-order valence-electron chi connectivity index (χ4n) is 1.47. The largest absolute Gasteiger partial charge is 0.412 e. The molecule has 0 saturated heterocycles. The summed E-state index contributed by atoms with van der Waals surface area (Å²) < 4.78 is 0. The van der Waals surface area contributed by atoms with Gasteiger partial charge in [-0.05, 0) is 18.2 Å². The predicted molar refractivity (Wildman–Crippen MR) is 58.0 cm³/mol. The van der Waals surface area contributed by atoms with Gasteiger partial charge in [0.25, 0.3) is 0 Å². The van der Waals surface area contributed by atoms with E-state index >= 15 is 0 Å². The van der Waals surface area contributed by atoms with Crippen LogP contribution in [0.4, 0.5) is 5.69 Å². The summed E-state index contributed by atoms with van der Waals surface area (Å²) in [6.45, 7) is 0.263. The number of nitrogens with zero attached hydrogens (tertiary/aromatic N) is 3. The van der Waals surface area contributed by atoms with Crippen LogP contribution in [-0.2, 0) is 0 Å². The maximum Gasteiger partial charge on any atom is 0.121 e. The van der Waals surface area contributed by atoms with Crippen LogP contribution < -0.4 is 11.1 Å². The number of hydrogen-bond donors (Lipinski definition) is 3. The van der Waals surface area contributed by atoms with Crippen molar-refractivity contribution in [3.05, 3.63) is 29.8 Å². The second-order valence-electron chi connectivity index (χ2n) is 3.28. The van der Waals surface area contributed by atoms with Crippen LogP contribution in [0.5, 0.6) is 0 Å². The molecule has 16 heavy (non-hydrogen) atoms. The summed E-state index contributed by atoms with van der Waals surface area (Å²) >= 11 is 0. The van der Waals surface area contributed by atoms with Crippen LogP contribution in [0.1, 0.15) is 0 Å². The van der Waals surface area contributed by atoms with Gasteiger partial charge in [0.1, 0.15) is 5.69 Å². The van der Waals surface area contributed by atoms with Crippen LogP contribution in [0.3, 0.4) is 0 Å². The fourth-order valence-corrected chi connectivity index (χ4v) is 1.47. The average Bonchev–Trinajstić information content (AvgIpc) is 2.28. The first-order valence-electron chi connectivity index (χ1n) is 4.81. The first-order chi connectivity index (χ1) is 7.72. The Morgan fingerprint density at radius 3 is 2.94 bits per heavy atom. The Kier molecular flexibility index (Phi) is 2.74. The van der Waals surface area contributed by atoms with Gasteiger partial charge in [-0.3, -0.25) is 4.99 Å². The van der Waals surface area contributed by atoms with Gasteiger partial charge in [-0.1, -0.05) is 0 Å². The maximum atomic E-state index is 9.24. The molecule has 0 aromatic heterocycles. The number of hydrogen-bond acceptors (Lipinski definition) is 5. The zero-order valence-corrected chi connectivity index (χ0v) is 8.54. The van der Waals surface area contributed by atoms with E-state index in [9.17, 15) is 5.21 Å². The van der Waals surface area contributed by atoms with Gasteiger partial charge in [0, 0.05) is 11.3 Å². The lowest BCUT2D eigenvalue weighted by atomic mass is 10.1. The number of nitrogen functional groups attached to an aromatic ring is 1. The quantitative estimate of drug-likeness (QED) is 0.478. The van der Waals surface area contributed by atoms with Crippen molar-refractivity contribution in [3.8, 4) is 11.3 Å². The number of fused-ring (bicyclic) bond motifs is 1. The van der Waals surface area contributed by atoms with Gasteiger partial charge in [0.05, 0.1) is 24.7 Å². The zero-order valence-electron chi connectivity index (χ0n) is 8.54. The molecule has 84 valence electrons. The van der Waals surface area contributed by atoms with E-state index in [1.807, 2.05) is 0 Å². The van der Waals surface area contributed by atoms with Gasteiger partial charge in [0.2, 0.25) is 0 Å². The molecule has 0 fully saturated rings. The monoisotopic (exact) mass is 220 g/mol. The molecule has 0 bridgehead atoms. The van der Waals surface area contributed by atoms with Crippen molar-refractivity contribution in [1.82, 2.24) is 9.94 Å². The highest BCUT2D eigenvalue weighted by Gasteiger charge is 2.09. The van der Waals surface area contributed by atoms with Gasteiger partial charge < -0.3 is 16.0 Å². The zero-order chi connectivity index (χ0) is 11.5. The smallest absolute Gasteiger partial charge is 0.121 e. The molecule has 0 amide bonds. The second kappa shape index (κ2) is 4.19. The molecule has 0 aromatic rings. The molecule has 0 atom stereocenters. The Morgan fingerprint density at radius 2 is 2.19 bits per heavy atom. The number of nitrogens with two attached hydrogens (primary N) is 1. The molecule has 6 heteroatoms. The van der Waals surface area contributed by atoms with Gasteiger partial charge in [-0.2, -0.15) is 0 Å². The van der Waals surface area contributed by atoms with Gasteiger partial charge in [0.15, 0.2) is 0 Å². The first-order valence-corrected chi connectivity index (χ1v) is 4.81. The summed E-state index contributed by atoms with van der Waals surface area (Å²) in [5.41, 5.74) is 7.60. The van der Waals surface area contributed by atoms with Crippen molar-refractivity contribution in [2.75, 3.05) is 18.9 Å². The van der Waals surface area contributed by atoms with Crippen molar-refractivity contribution >= 4 is 5.69 Å². The standard InChI is InChI=1S/C10H12N4O2/c11-8-1-2-9(12-4-6-15)10-7(8)3-5-14(16)13-10/h1-3,5,15-16H,4,6,11H2. The van der Waals surface area contributed by atoms with Crippen LogP contribution in [0, 0.1) is 0 Å². The van der Waals surface area contributed by atoms with Gasteiger partial charge >= 0.3 is 0 Å². The van der Waals surface area contributed by atoms with Crippen LogP contribution in [0.25, 0.3) is 11.3 Å². The SMILES string of the molecule is Nc1ccc(=NCCO)c2nn(O)ccc1-2. The first kappa shape index (κ1) is 10.4. The summed E-state index contributed by atoms with van der Waals surface area (Å²) in [6, 6.07) is 5.10. The molecule has 0 radical (unpaired) electrons. The van der Waals surface area contributed by atoms with Crippen molar-refractivity contribution in [2.24, 2.45) is 4.99 Å². The minimum absolute atomic E-state index is 0.0299. The molecule has 0 unspecified atom stereocenters. The number of benzene rings is 1. The molecule has 2 aliphatic rings. The lowest BCUT2D eigenvalue weighted by molar-refractivity contribution is 0.144. The van der Waals surface area contributed by atoms with Gasteiger partial charge in [-0.15, -0.1) is 9.94 Å². The molecule has 0 spiro atoms. The minimum Gasteiger partial charge on any atom is -0.412 e. The van der Waals surface area contributed by atoms with E-state index in [1.165, 1.54) is 6.20 Å². The van der Waals surface area contributed by atoms with Crippen molar-refractivity contribution in [3.63, 3.8) is 0 Å². The summed E-state index contributed by atoms with van der Waals surface area (Å²) in [5.74, 6) is 0. The predicted octanol–water partition coefficient (Wildman–Crippen LogP) is -0.300. The Morgan fingerprint density at radius 1 is 1.38 bits per heavy atom. The molecular formula is C10H12N4O2. The molecular weight excluding hydrogens is 208 g/mol. The summed E-state index contributed by atoms with van der Waals surface area (Å²) in [7, 11) is 0. The third-order valence-electron chi connectivity index (χ3n) is 2.19. The highest BCUT2D eigenvalue weighted by Crippen LogP contribution is 2.20. The van der Waals surface area contributed by atoms with Gasteiger partial charge in [-0.25, -0.2) is 0 Å². The Balaban J connectivity index is 2.69. The van der Waals surface area contributed by atoms with Crippen LogP contribution in [-0.4, -0.2) is 33.4 Å². The van der Waals surface area contributed by atoms with E-state index in [4.69, 9.17) is 10.8 Å². The lowest BCUT2D eigenvalue weighted by Gasteiger charge is -2.08. The van der Waals surface area contributed by atoms with Crippen LogP contribution >= 0.6 is 0 Å². The second-order valence-corrected chi connectivity index (χ2v) is 3.28. The molecule has 2 rings (SSSR count). The van der Waals surface area contributed by atoms with Crippen molar-refractivity contribution in [1.29, 1.82) is 0 Å². The number of aliphatic hydroxyl groups excluding tert-OH is 1. The van der Waals surface area contributed by atoms with E-state index in [-0.39, 0.29) is 6.61 Å². The number of aliphatic hydroxyl groups is 1. The average molecular weight is 220 g/mol. The van der Waals surface area contributed by atoms with Crippen molar-refractivity contribution in [2.45, 2.75) is 0 Å². The Labute approximate surface area is 91.6 Å². The van der Waals surface area contributed by atoms with Crippen LogP contribution in [0.15, 0.2) is 29.4 Å².